The van der Waals surface area contributed by atoms with E-state index in [1.54, 1.807) is 35.2 Å². The van der Waals surface area contributed by atoms with E-state index in [0.29, 0.717) is 36.5 Å². The Morgan fingerprint density at radius 2 is 1.92 bits per heavy atom. The summed E-state index contributed by atoms with van der Waals surface area (Å²) in [6, 6.07) is 12.6. The van der Waals surface area contributed by atoms with Gasteiger partial charge in [0.05, 0.1) is 17.7 Å². The number of nitrogens with one attached hydrogen (secondary N) is 1. The van der Waals surface area contributed by atoms with Crippen LogP contribution in [0.25, 0.3) is 0 Å². The molecule has 0 aliphatic carbocycles. The molecule has 0 saturated carbocycles. The standard InChI is InChI=1S/C19H20N2O3/c1-3-21-12-13-6-5-7-16(17(13)19(21)23)18(22)20-14-8-10-15(11-9-14)24-4-2/h5-11H,3-4,12H2,1-2H3,(H,20,22). The first kappa shape index (κ1) is 16.1. The number of benzene rings is 2. The maximum absolute atomic E-state index is 12.6. The van der Waals surface area contributed by atoms with Crippen LogP contribution in [-0.4, -0.2) is 29.9 Å². The molecule has 1 heterocycles. The summed E-state index contributed by atoms with van der Waals surface area (Å²) in [5.74, 6) is 0.400. The second-order valence-corrected chi connectivity index (χ2v) is 5.57. The number of rotatable bonds is 5. The minimum atomic E-state index is -0.276. The van der Waals surface area contributed by atoms with Crippen molar-refractivity contribution in [2.75, 3.05) is 18.5 Å². The van der Waals surface area contributed by atoms with Gasteiger partial charge in [-0.25, -0.2) is 0 Å². The summed E-state index contributed by atoms with van der Waals surface area (Å²) in [5.41, 5.74) is 2.50. The topological polar surface area (TPSA) is 58.6 Å². The fourth-order valence-electron chi connectivity index (χ4n) is 2.86. The van der Waals surface area contributed by atoms with Gasteiger partial charge in [0, 0.05) is 18.8 Å². The number of carbonyl (C=O) groups excluding carboxylic acids is 2. The first-order valence-electron chi connectivity index (χ1n) is 8.09. The number of hydrogen-bond donors (Lipinski definition) is 1. The van der Waals surface area contributed by atoms with Gasteiger partial charge in [-0.1, -0.05) is 12.1 Å². The van der Waals surface area contributed by atoms with Gasteiger partial charge in [-0.15, -0.1) is 0 Å². The van der Waals surface area contributed by atoms with Crippen LogP contribution in [0, 0.1) is 0 Å². The van der Waals surface area contributed by atoms with Crippen molar-refractivity contribution in [3.05, 3.63) is 59.2 Å². The Bertz CT molecular complexity index is 769. The number of hydrogen-bond acceptors (Lipinski definition) is 3. The molecule has 0 saturated heterocycles. The van der Waals surface area contributed by atoms with Gasteiger partial charge >= 0.3 is 0 Å². The lowest BCUT2D eigenvalue weighted by Gasteiger charge is -2.12. The first-order chi connectivity index (χ1) is 11.6. The average molecular weight is 324 g/mol. The highest BCUT2D eigenvalue weighted by Gasteiger charge is 2.30. The van der Waals surface area contributed by atoms with E-state index in [4.69, 9.17) is 4.74 Å². The van der Waals surface area contributed by atoms with Crippen LogP contribution in [0.4, 0.5) is 5.69 Å². The zero-order valence-corrected chi connectivity index (χ0v) is 13.8. The largest absolute Gasteiger partial charge is 0.494 e. The zero-order valence-electron chi connectivity index (χ0n) is 13.8. The van der Waals surface area contributed by atoms with Crippen LogP contribution in [0.15, 0.2) is 42.5 Å². The Labute approximate surface area is 141 Å². The number of amides is 2. The Morgan fingerprint density at radius 3 is 2.58 bits per heavy atom. The van der Waals surface area contributed by atoms with Gasteiger partial charge in [0.25, 0.3) is 11.8 Å². The average Bonchev–Trinajstić information content (AvgIpc) is 2.93. The molecule has 0 spiro atoms. The lowest BCUT2D eigenvalue weighted by molar-refractivity contribution is 0.0783. The van der Waals surface area contributed by atoms with E-state index < -0.39 is 0 Å². The Balaban J connectivity index is 1.82. The monoisotopic (exact) mass is 324 g/mol. The van der Waals surface area contributed by atoms with Crippen LogP contribution in [0.3, 0.4) is 0 Å². The molecule has 0 fully saturated rings. The van der Waals surface area contributed by atoms with Crippen LogP contribution in [-0.2, 0) is 6.54 Å². The summed E-state index contributed by atoms with van der Waals surface area (Å²) in [6.45, 7) is 5.64. The minimum absolute atomic E-state index is 0.0788. The van der Waals surface area contributed by atoms with Crippen LogP contribution in [0.5, 0.6) is 5.75 Å². The van der Waals surface area contributed by atoms with Gasteiger partial charge in [0.1, 0.15) is 5.75 Å². The number of nitrogens with zero attached hydrogens (tertiary/aromatic N) is 1. The summed E-state index contributed by atoms with van der Waals surface area (Å²) < 4.78 is 5.39. The van der Waals surface area contributed by atoms with Crippen molar-refractivity contribution < 1.29 is 14.3 Å². The molecule has 1 N–H and O–H groups in total. The number of carbonyl (C=O) groups is 2. The molecule has 5 heteroatoms. The summed E-state index contributed by atoms with van der Waals surface area (Å²) in [4.78, 5) is 26.8. The third kappa shape index (κ3) is 2.97. The molecule has 24 heavy (non-hydrogen) atoms. The maximum Gasteiger partial charge on any atom is 0.256 e. The van der Waals surface area contributed by atoms with Gasteiger partial charge < -0.3 is 15.0 Å². The summed E-state index contributed by atoms with van der Waals surface area (Å²) >= 11 is 0. The van der Waals surface area contributed by atoms with Crippen LogP contribution < -0.4 is 10.1 Å². The van der Waals surface area contributed by atoms with Crippen molar-refractivity contribution in [2.45, 2.75) is 20.4 Å². The molecular weight excluding hydrogens is 304 g/mol. The van der Waals surface area contributed by atoms with Gasteiger partial charge in [-0.3, -0.25) is 9.59 Å². The van der Waals surface area contributed by atoms with Crippen LogP contribution in [0.2, 0.25) is 0 Å². The molecule has 5 nitrogen and oxygen atoms in total. The van der Waals surface area contributed by atoms with E-state index in [2.05, 4.69) is 5.32 Å². The molecule has 1 aliphatic rings. The van der Waals surface area contributed by atoms with E-state index >= 15 is 0 Å². The minimum Gasteiger partial charge on any atom is -0.494 e. The van der Waals surface area contributed by atoms with E-state index in [0.717, 1.165) is 11.3 Å². The predicted molar refractivity (Wildman–Crippen MR) is 92.4 cm³/mol. The molecule has 0 bridgehead atoms. The van der Waals surface area contributed by atoms with Crippen molar-refractivity contribution in [2.24, 2.45) is 0 Å². The maximum atomic E-state index is 12.6. The fourth-order valence-corrected chi connectivity index (χ4v) is 2.86. The second kappa shape index (κ2) is 6.74. The third-order valence-electron chi connectivity index (χ3n) is 4.06. The quantitative estimate of drug-likeness (QED) is 0.918. The van der Waals surface area contributed by atoms with E-state index in [1.165, 1.54) is 0 Å². The molecule has 2 amide bonds. The van der Waals surface area contributed by atoms with Gasteiger partial charge in [0.2, 0.25) is 0 Å². The summed E-state index contributed by atoms with van der Waals surface area (Å²) in [7, 11) is 0. The lowest BCUT2D eigenvalue weighted by Crippen LogP contribution is -2.24. The predicted octanol–water partition coefficient (Wildman–Crippen LogP) is 3.31. The van der Waals surface area contributed by atoms with E-state index in [9.17, 15) is 9.59 Å². The van der Waals surface area contributed by atoms with Crippen molar-refractivity contribution in [3.8, 4) is 5.75 Å². The Kier molecular flexibility index (Phi) is 4.51. The number of ether oxygens (including phenoxy) is 1. The first-order valence-corrected chi connectivity index (χ1v) is 8.09. The third-order valence-corrected chi connectivity index (χ3v) is 4.06. The fraction of sp³-hybridized carbons (Fsp3) is 0.263. The Morgan fingerprint density at radius 1 is 1.17 bits per heavy atom. The summed E-state index contributed by atoms with van der Waals surface area (Å²) in [6.07, 6.45) is 0. The molecule has 0 unspecified atom stereocenters. The van der Waals surface area contributed by atoms with Crippen molar-refractivity contribution in [3.63, 3.8) is 0 Å². The number of anilines is 1. The molecule has 2 aromatic rings. The molecule has 3 rings (SSSR count). The molecule has 0 radical (unpaired) electrons. The van der Waals surface area contributed by atoms with Crippen LogP contribution >= 0.6 is 0 Å². The van der Waals surface area contributed by atoms with Gasteiger partial charge in [-0.05, 0) is 49.7 Å². The smallest absolute Gasteiger partial charge is 0.256 e. The molecule has 2 aromatic carbocycles. The molecule has 0 atom stereocenters. The van der Waals surface area contributed by atoms with Crippen molar-refractivity contribution in [1.82, 2.24) is 4.90 Å². The molecule has 124 valence electrons. The highest BCUT2D eigenvalue weighted by molar-refractivity contribution is 6.13. The second-order valence-electron chi connectivity index (χ2n) is 5.57. The SMILES string of the molecule is CCOc1ccc(NC(=O)c2cccc3c2C(=O)N(CC)C3)cc1. The lowest BCUT2D eigenvalue weighted by atomic mass is 10.0. The molecular formula is C19H20N2O3. The zero-order chi connectivity index (χ0) is 17.1. The molecule has 1 aliphatic heterocycles. The van der Waals surface area contributed by atoms with E-state index in [1.807, 2.05) is 26.0 Å². The van der Waals surface area contributed by atoms with Crippen molar-refractivity contribution in [1.29, 1.82) is 0 Å². The Hall–Kier alpha value is -2.82. The van der Waals surface area contributed by atoms with Gasteiger partial charge in [-0.2, -0.15) is 0 Å². The van der Waals surface area contributed by atoms with Crippen LogP contribution in [0.1, 0.15) is 40.1 Å². The normalized spacial score (nSPS) is 12.9. The summed E-state index contributed by atoms with van der Waals surface area (Å²) in [5, 5.41) is 2.85. The van der Waals surface area contributed by atoms with Crippen molar-refractivity contribution >= 4 is 17.5 Å². The molecule has 0 aromatic heterocycles. The number of fused-ring (bicyclic) bond motifs is 1. The van der Waals surface area contributed by atoms with E-state index in [-0.39, 0.29) is 11.8 Å². The highest BCUT2D eigenvalue weighted by atomic mass is 16.5. The highest BCUT2D eigenvalue weighted by Crippen LogP contribution is 2.26. The van der Waals surface area contributed by atoms with Gasteiger partial charge in [0.15, 0.2) is 0 Å².